The smallest absolute Gasteiger partial charge is 0.0897 e. The molecule has 0 aliphatic carbocycles. The number of nitrogens with one attached hydrogen (secondary N) is 1. The highest BCUT2D eigenvalue weighted by atomic mass is 32.1. The lowest BCUT2D eigenvalue weighted by Gasteiger charge is -2.17. The van der Waals surface area contributed by atoms with Crippen molar-refractivity contribution in [1.82, 2.24) is 10.3 Å². The van der Waals surface area contributed by atoms with E-state index in [2.05, 4.69) is 29.5 Å². The van der Waals surface area contributed by atoms with Crippen LogP contribution in [0.15, 0.2) is 5.38 Å². The van der Waals surface area contributed by atoms with Crippen LogP contribution in [0.25, 0.3) is 0 Å². The predicted octanol–water partition coefficient (Wildman–Crippen LogP) is 2.79. The Morgan fingerprint density at radius 1 is 1.53 bits per heavy atom. The number of hydrogen-bond acceptors (Lipinski definition) is 4. The van der Waals surface area contributed by atoms with Crippen LogP contribution >= 0.6 is 11.3 Å². The second-order valence-corrected chi connectivity index (χ2v) is 5.41. The third kappa shape index (κ3) is 6.15. The van der Waals surface area contributed by atoms with Crippen molar-refractivity contribution in [2.45, 2.75) is 45.6 Å². The number of methoxy groups -OCH3 is 1. The molecule has 0 saturated heterocycles. The van der Waals surface area contributed by atoms with Gasteiger partial charge in [0, 0.05) is 31.6 Å². The number of ether oxygens (including phenoxy) is 1. The second kappa shape index (κ2) is 8.61. The molecule has 1 aromatic heterocycles. The molecule has 1 N–H and O–H groups in total. The molecule has 1 unspecified atom stereocenters. The fraction of sp³-hybridized carbons (Fsp3) is 0.769. The van der Waals surface area contributed by atoms with Gasteiger partial charge in [-0.2, -0.15) is 0 Å². The van der Waals surface area contributed by atoms with Crippen molar-refractivity contribution in [2.75, 3.05) is 20.3 Å². The molecule has 0 bridgehead atoms. The largest absolute Gasteiger partial charge is 0.385 e. The van der Waals surface area contributed by atoms with Crippen molar-refractivity contribution in [3.63, 3.8) is 0 Å². The summed E-state index contributed by atoms with van der Waals surface area (Å²) in [6.45, 7) is 6.20. The molecule has 98 valence electrons. The van der Waals surface area contributed by atoms with Gasteiger partial charge in [0.1, 0.15) is 0 Å². The average Bonchev–Trinajstić information content (AvgIpc) is 2.72. The molecule has 0 fully saturated rings. The minimum atomic E-state index is 0.534. The molecule has 0 aliphatic rings. The lowest BCUT2D eigenvalue weighted by molar-refractivity contribution is 0.188. The Morgan fingerprint density at radius 3 is 2.94 bits per heavy atom. The van der Waals surface area contributed by atoms with Crippen LogP contribution in [0.1, 0.15) is 36.9 Å². The molecular weight excluding hydrogens is 232 g/mol. The topological polar surface area (TPSA) is 34.1 Å². The minimum Gasteiger partial charge on any atom is -0.385 e. The molecule has 0 saturated carbocycles. The highest BCUT2D eigenvalue weighted by molar-refractivity contribution is 7.09. The third-order valence-electron chi connectivity index (χ3n) is 2.71. The van der Waals surface area contributed by atoms with Gasteiger partial charge in [0.25, 0.3) is 0 Å². The van der Waals surface area contributed by atoms with E-state index in [-0.39, 0.29) is 0 Å². The van der Waals surface area contributed by atoms with Crippen molar-refractivity contribution in [3.05, 3.63) is 16.1 Å². The van der Waals surface area contributed by atoms with E-state index in [0.29, 0.717) is 6.04 Å². The van der Waals surface area contributed by atoms with E-state index in [4.69, 9.17) is 4.74 Å². The van der Waals surface area contributed by atoms with Gasteiger partial charge in [0.2, 0.25) is 0 Å². The Kier molecular flexibility index (Phi) is 7.40. The maximum atomic E-state index is 5.11. The number of aromatic nitrogens is 1. The van der Waals surface area contributed by atoms with Crippen molar-refractivity contribution < 1.29 is 4.74 Å². The predicted molar refractivity (Wildman–Crippen MR) is 73.7 cm³/mol. The number of rotatable bonds is 9. The van der Waals surface area contributed by atoms with Gasteiger partial charge in [-0.25, -0.2) is 4.98 Å². The van der Waals surface area contributed by atoms with Crippen LogP contribution in [0.2, 0.25) is 0 Å². The number of nitrogens with zero attached hydrogens (tertiary/aromatic N) is 1. The Morgan fingerprint density at radius 2 is 2.35 bits per heavy atom. The zero-order valence-corrected chi connectivity index (χ0v) is 12.0. The van der Waals surface area contributed by atoms with E-state index in [1.54, 1.807) is 18.4 Å². The highest BCUT2D eigenvalue weighted by Gasteiger charge is 2.10. The standard InChI is InChI=1S/C13H24N2OS/c1-4-7-14-12(6-5-8-16-3)9-13-10-17-11(2)15-13/h10,12,14H,4-9H2,1-3H3. The zero-order valence-electron chi connectivity index (χ0n) is 11.2. The summed E-state index contributed by atoms with van der Waals surface area (Å²) in [5.41, 5.74) is 1.22. The SMILES string of the molecule is CCCNC(CCCOC)Cc1csc(C)n1. The lowest BCUT2D eigenvalue weighted by Crippen LogP contribution is -2.32. The summed E-state index contributed by atoms with van der Waals surface area (Å²) < 4.78 is 5.11. The van der Waals surface area contributed by atoms with Crippen LogP contribution in [0.5, 0.6) is 0 Å². The second-order valence-electron chi connectivity index (χ2n) is 4.35. The van der Waals surface area contributed by atoms with E-state index in [0.717, 1.165) is 37.4 Å². The first kappa shape index (κ1) is 14.6. The highest BCUT2D eigenvalue weighted by Crippen LogP contribution is 2.12. The summed E-state index contributed by atoms with van der Waals surface area (Å²) in [6, 6.07) is 0.534. The van der Waals surface area contributed by atoms with Crippen LogP contribution in [0, 0.1) is 6.92 Å². The van der Waals surface area contributed by atoms with E-state index in [1.165, 1.54) is 12.1 Å². The summed E-state index contributed by atoms with van der Waals surface area (Å²) in [4.78, 5) is 4.53. The average molecular weight is 256 g/mol. The number of thiazole rings is 1. The summed E-state index contributed by atoms with van der Waals surface area (Å²) >= 11 is 1.73. The molecule has 0 amide bonds. The normalized spacial score (nSPS) is 12.9. The first-order valence-electron chi connectivity index (χ1n) is 6.39. The molecule has 0 spiro atoms. The molecule has 4 heteroatoms. The molecule has 17 heavy (non-hydrogen) atoms. The lowest BCUT2D eigenvalue weighted by atomic mass is 10.1. The van der Waals surface area contributed by atoms with Gasteiger partial charge in [-0.05, 0) is 32.7 Å². The Bertz CT molecular complexity index is 301. The maximum absolute atomic E-state index is 5.11. The van der Waals surface area contributed by atoms with E-state index < -0.39 is 0 Å². The first-order chi connectivity index (χ1) is 8.26. The Balaban J connectivity index is 2.38. The number of aryl methyl sites for hydroxylation is 1. The zero-order chi connectivity index (χ0) is 12.5. The van der Waals surface area contributed by atoms with Gasteiger partial charge >= 0.3 is 0 Å². The minimum absolute atomic E-state index is 0.534. The first-order valence-corrected chi connectivity index (χ1v) is 7.27. The molecule has 3 nitrogen and oxygen atoms in total. The molecule has 1 aromatic rings. The van der Waals surface area contributed by atoms with Crippen molar-refractivity contribution in [1.29, 1.82) is 0 Å². The van der Waals surface area contributed by atoms with Crippen LogP contribution in [-0.4, -0.2) is 31.3 Å². The van der Waals surface area contributed by atoms with E-state index in [9.17, 15) is 0 Å². The van der Waals surface area contributed by atoms with Crippen LogP contribution in [0.4, 0.5) is 0 Å². The Labute approximate surface area is 109 Å². The van der Waals surface area contributed by atoms with Gasteiger partial charge in [0.05, 0.1) is 10.7 Å². The fourth-order valence-corrected chi connectivity index (χ4v) is 2.48. The van der Waals surface area contributed by atoms with Gasteiger partial charge in [-0.3, -0.25) is 0 Å². The molecule has 1 atom stereocenters. The summed E-state index contributed by atoms with van der Waals surface area (Å²) in [5, 5.41) is 6.93. The van der Waals surface area contributed by atoms with Crippen molar-refractivity contribution >= 4 is 11.3 Å². The fourth-order valence-electron chi connectivity index (χ4n) is 1.85. The van der Waals surface area contributed by atoms with Gasteiger partial charge in [-0.1, -0.05) is 6.92 Å². The van der Waals surface area contributed by atoms with E-state index >= 15 is 0 Å². The van der Waals surface area contributed by atoms with Crippen LogP contribution < -0.4 is 5.32 Å². The molecule has 0 radical (unpaired) electrons. The summed E-state index contributed by atoms with van der Waals surface area (Å²) in [7, 11) is 1.76. The summed E-state index contributed by atoms with van der Waals surface area (Å²) in [6.07, 6.45) is 4.48. The van der Waals surface area contributed by atoms with E-state index in [1.807, 2.05) is 0 Å². The van der Waals surface area contributed by atoms with Gasteiger partial charge in [-0.15, -0.1) is 11.3 Å². The molecule has 1 heterocycles. The van der Waals surface area contributed by atoms with Crippen molar-refractivity contribution in [3.8, 4) is 0 Å². The summed E-state index contributed by atoms with van der Waals surface area (Å²) in [5.74, 6) is 0. The van der Waals surface area contributed by atoms with Crippen molar-refractivity contribution in [2.24, 2.45) is 0 Å². The maximum Gasteiger partial charge on any atom is 0.0897 e. The molecule has 1 rings (SSSR count). The van der Waals surface area contributed by atoms with Gasteiger partial charge < -0.3 is 10.1 Å². The van der Waals surface area contributed by atoms with Gasteiger partial charge in [0.15, 0.2) is 0 Å². The Hall–Kier alpha value is -0.450. The molecule has 0 aromatic carbocycles. The molecular formula is C13H24N2OS. The van der Waals surface area contributed by atoms with Crippen LogP contribution in [-0.2, 0) is 11.2 Å². The monoisotopic (exact) mass is 256 g/mol. The molecule has 0 aliphatic heterocycles. The quantitative estimate of drug-likeness (QED) is 0.690. The third-order valence-corrected chi connectivity index (χ3v) is 3.53. The van der Waals surface area contributed by atoms with Crippen LogP contribution in [0.3, 0.4) is 0 Å². The number of hydrogen-bond donors (Lipinski definition) is 1.